The summed E-state index contributed by atoms with van der Waals surface area (Å²) in [4.78, 5) is 20.7. The van der Waals surface area contributed by atoms with E-state index in [0.717, 1.165) is 23.0 Å². The van der Waals surface area contributed by atoms with E-state index in [1.807, 2.05) is 29.8 Å². The van der Waals surface area contributed by atoms with E-state index in [2.05, 4.69) is 15.3 Å². The fourth-order valence-corrected chi connectivity index (χ4v) is 4.03. The first-order valence-electron chi connectivity index (χ1n) is 11.5. The molecule has 7 nitrogen and oxygen atoms in total. The van der Waals surface area contributed by atoms with E-state index >= 15 is 0 Å². The summed E-state index contributed by atoms with van der Waals surface area (Å²) in [6.45, 7) is 4.26. The Balaban J connectivity index is 1.94. The number of nitrogens with zero attached hydrogens (tertiary/aromatic N) is 3. The van der Waals surface area contributed by atoms with Crippen LogP contribution in [0.25, 0.3) is 16.8 Å². The molecule has 0 unspecified atom stereocenters. The first-order chi connectivity index (χ1) is 16.8. The number of esters is 1. The zero-order chi connectivity index (χ0) is 25.5. The molecule has 9 heteroatoms. The SMILES string of the molecule is CCOC(=O)/C(N)=C(\CCCc1c(-c2ccc3ncc(CNC)n3c2)ccc(F)c1F)C(C)=NC. The lowest BCUT2D eigenvalue weighted by molar-refractivity contribution is -0.138. The van der Waals surface area contributed by atoms with Crippen molar-refractivity contribution in [3.63, 3.8) is 0 Å². The zero-order valence-corrected chi connectivity index (χ0v) is 20.5. The van der Waals surface area contributed by atoms with E-state index in [-0.39, 0.29) is 24.3 Å². The van der Waals surface area contributed by atoms with Gasteiger partial charge in [-0.3, -0.25) is 4.99 Å². The van der Waals surface area contributed by atoms with Gasteiger partial charge in [0.2, 0.25) is 0 Å². The maximum absolute atomic E-state index is 15.0. The van der Waals surface area contributed by atoms with Crippen molar-refractivity contribution in [2.45, 2.75) is 39.7 Å². The van der Waals surface area contributed by atoms with Gasteiger partial charge in [-0.15, -0.1) is 0 Å². The van der Waals surface area contributed by atoms with Gasteiger partial charge in [0, 0.05) is 31.1 Å². The van der Waals surface area contributed by atoms with Crippen LogP contribution in [0, 0.1) is 11.6 Å². The highest BCUT2D eigenvalue weighted by molar-refractivity contribution is 6.05. The molecule has 0 spiro atoms. The Kier molecular flexibility index (Phi) is 8.70. The van der Waals surface area contributed by atoms with Gasteiger partial charge < -0.3 is 20.2 Å². The van der Waals surface area contributed by atoms with Crippen molar-refractivity contribution in [3.05, 3.63) is 70.8 Å². The molecule has 1 aromatic carbocycles. The van der Waals surface area contributed by atoms with Crippen LogP contribution >= 0.6 is 0 Å². The smallest absolute Gasteiger partial charge is 0.354 e. The molecule has 0 aliphatic heterocycles. The van der Waals surface area contributed by atoms with E-state index < -0.39 is 17.6 Å². The number of benzene rings is 1. The Hall–Kier alpha value is -3.59. The number of rotatable bonds is 10. The number of pyridine rings is 1. The molecule has 0 aliphatic rings. The molecule has 0 radical (unpaired) electrons. The van der Waals surface area contributed by atoms with Gasteiger partial charge >= 0.3 is 5.97 Å². The molecule has 35 heavy (non-hydrogen) atoms. The van der Waals surface area contributed by atoms with Crippen molar-refractivity contribution < 1.29 is 18.3 Å². The van der Waals surface area contributed by atoms with Crippen molar-refractivity contribution in [1.29, 1.82) is 0 Å². The second kappa shape index (κ2) is 11.7. The summed E-state index contributed by atoms with van der Waals surface area (Å²) in [5.41, 5.74) is 10.5. The lowest BCUT2D eigenvalue weighted by Crippen LogP contribution is -2.20. The fourth-order valence-electron chi connectivity index (χ4n) is 4.03. The number of ether oxygens (including phenoxy) is 1. The van der Waals surface area contributed by atoms with Gasteiger partial charge in [0.15, 0.2) is 11.6 Å². The van der Waals surface area contributed by atoms with Crippen LogP contribution in [0.2, 0.25) is 0 Å². The molecule has 0 aliphatic carbocycles. The standard InChI is InChI=1S/C26H31F2N5O2/c1-5-35-26(34)25(29)19(16(2)31-4)7-6-8-21-20(10-11-22(27)24(21)28)17-9-12-23-32-14-18(13-30-3)33(23)15-17/h9-12,14-15,30H,5-8,13,29H2,1-4H3/b25-19-,31-16?. The second-order valence-corrected chi connectivity index (χ2v) is 8.09. The van der Waals surface area contributed by atoms with Crippen LogP contribution in [0.3, 0.4) is 0 Å². The number of carbonyl (C=O) groups excluding carboxylic acids is 1. The number of carbonyl (C=O) groups is 1. The van der Waals surface area contributed by atoms with Gasteiger partial charge in [-0.05, 0) is 75.0 Å². The Morgan fingerprint density at radius 3 is 2.71 bits per heavy atom. The van der Waals surface area contributed by atoms with Crippen molar-refractivity contribution in [2.24, 2.45) is 10.7 Å². The average Bonchev–Trinajstić information content (AvgIpc) is 3.26. The number of hydrogen-bond acceptors (Lipinski definition) is 6. The predicted molar refractivity (Wildman–Crippen MR) is 133 cm³/mol. The number of allylic oxidation sites excluding steroid dienone is 1. The monoisotopic (exact) mass is 483 g/mol. The largest absolute Gasteiger partial charge is 0.461 e. The molecule has 0 saturated carbocycles. The Bertz CT molecular complexity index is 1280. The Labute approximate surface area is 203 Å². The highest BCUT2D eigenvalue weighted by atomic mass is 19.2. The highest BCUT2D eigenvalue weighted by Crippen LogP contribution is 2.30. The number of nitrogens with one attached hydrogen (secondary N) is 1. The lowest BCUT2D eigenvalue weighted by atomic mass is 9.94. The van der Waals surface area contributed by atoms with Crippen molar-refractivity contribution in [3.8, 4) is 11.1 Å². The Morgan fingerprint density at radius 1 is 1.26 bits per heavy atom. The molecule has 2 heterocycles. The molecule has 3 N–H and O–H groups in total. The van der Waals surface area contributed by atoms with Gasteiger partial charge in [0.25, 0.3) is 0 Å². The minimum atomic E-state index is -0.906. The van der Waals surface area contributed by atoms with Crippen LogP contribution in [0.15, 0.2) is 52.9 Å². The van der Waals surface area contributed by atoms with E-state index in [1.54, 1.807) is 33.2 Å². The topological polar surface area (TPSA) is 94.0 Å². The summed E-state index contributed by atoms with van der Waals surface area (Å²) in [6, 6.07) is 6.42. The maximum atomic E-state index is 15.0. The fraction of sp³-hybridized carbons (Fsp3) is 0.346. The normalized spacial score (nSPS) is 12.7. The lowest BCUT2D eigenvalue weighted by Gasteiger charge is -2.14. The highest BCUT2D eigenvalue weighted by Gasteiger charge is 2.19. The van der Waals surface area contributed by atoms with E-state index in [4.69, 9.17) is 10.5 Å². The second-order valence-electron chi connectivity index (χ2n) is 8.09. The summed E-state index contributed by atoms with van der Waals surface area (Å²) in [5, 5.41) is 3.10. The van der Waals surface area contributed by atoms with Crippen molar-refractivity contribution in [2.75, 3.05) is 20.7 Å². The Morgan fingerprint density at radius 2 is 2.03 bits per heavy atom. The van der Waals surface area contributed by atoms with E-state index in [9.17, 15) is 13.6 Å². The summed E-state index contributed by atoms with van der Waals surface area (Å²) < 4.78 is 36.2. The van der Waals surface area contributed by atoms with Crippen molar-refractivity contribution in [1.82, 2.24) is 14.7 Å². The molecule has 186 valence electrons. The van der Waals surface area contributed by atoms with E-state index in [1.165, 1.54) is 0 Å². The molecule has 0 saturated heterocycles. The molecular weight excluding hydrogens is 452 g/mol. The van der Waals surface area contributed by atoms with E-state index in [0.29, 0.717) is 36.2 Å². The summed E-state index contributed by atoms with van der Waals surface area (Å²) in [7, 11) is 3.45. The van der Waals surface area contributed by atoms with Crippen LogP contribution in [-0.2, 0) is 22.5 Å². The summed E-state index contributed by atoms with van der Waals surface area (Å²) in [5.74, 6) is -2.40. The molecule has 3 aromatic rings. The van der Waals surface area contributed by atoms with Gasteiger partial charge in [0.1, 0.15) is 11.3 Å². The number of imidazole rings is 1. The number of halogens is 2. The van der Waals surface area contributed by atoms with Crippen LogP contribution in [-0.4, -0.2) is 41.8 Å². The van der Waals surface area contributed by atoms with Crippen molar-refractivity contribution >= 4 is 17.3 Å². The third-order valence-electron chi connectivity index (χ3n) is 5.89. The quantitative estimate of drug-likeness (QED) is 0.256. The number of aromatic nitrogens is 2. The third-order valence-corrected chi connectivity index (χ3v) is 5.89. The van der Waals surface area contributed by atoms with Gasteiger partial charge in [-0.25, -0.2) is 18.6 Å². The van der Waals surface area contributed by atoms with Gasteiger partial charge in [-0.1, -0.05) is 6.07 Å². The van der Waals surface area contributed by atoms with Gasteiger partial charge in [-0.2, -0.15) is 0 Å². The van der Waals surface area contributed by atoms with Crippen LogP contribution in [0.5, 0.6) is 0 Å². The minimum Gasteiger partial charge on any atom is -0.461 e. The number of aliphatic imine (C=N–C) groups is 1. The maximum Gasteiger partial charge on any atom is 0.354 e. The molecule has 2 aromatic heterocycles. The molecular formula is C26H31F2N5O2. The molecule has 0 bridgehead atoms. The number of nitrogens with two attached hydrogens (primary N) is 1. The molecule has 0 fully saturated rings. The zero-order valence-electron chi connectivity index (χ0n) is 20.5. The van der Waals surface area contributed by atoms with Crippen LogP contribution < -0.4 is 11.1 Å². The minimum absolute atomic E-state index is 0.0162. The van der Waals surface area contributed by atoms with Crippen LogP contribution in [0.4, 0.5) is 8.78 Å². The molecule has 3 rings (SSSR count). The summed E-state index contributed by atoms with van der Waals surface area (Å²) >= 11 is 0. The third kappa shape index (κ3) is 5.74. The first kappa shape index (κ1) is 26.0. The summed E-state index contributed by atoms with van der Waals surface area (Å²) in [6.07, 6.45) is 4.68. The molecule has 0 amide bonds. The van der Waals surface area contributed by atoms with Gasteiger partial charge in [0.05, 0.1) is 18.5 Å². The first-order valence-corrected chi connectivity index (χ1v) is 11.5. The average molecular weight is 484 g/mol. The number of hydrogen-bond donors (Lipinski definition) is 2. The molecule has 0 atom stereocenters. The van der Waals surface area contributed by atoms with Crippen LogP contribution in [0.1, 0.15) is 37.9 Å². The predicted octanol–water partition coefficient (Wildman–Crippen LogP) is 4.19. The number of fused-ring (bicyclic) bond motifs is 1.